The van der Waals surface area contributed by atoms with Crippen LogP contribution in [0.4, 0.5) is 23.1 Å². The van der Waals surface area contributed by atoms with E-state index in [4.69, 9.17) is 9.98 Å². The van der Waals surface area contributed by atoms with E-state index in [-0.39, 0.29) is 5.56 Å². The topological polar surface area (TPSA) is 80.7 Å². The summed E-state index contributed by atoms with van der Waals surface area (Å²) in [5.74, 6) is 1.72. The van der Waals surface area contributed by atoms with E-state index in [0.29, 0.717) is 5.56 Å². The number of aromatic amines is 1. The predicted octanol–water partition coefficient (Wildman–Crippen LogP) is 4.04. The Morgan fingerprint density at radius 1 is 0.892 bits per heavy atom. The number of aryl methyl sites for hydroxylation is 2. The number of nitrogens with one attached hydrogen (secondary N) is 1. The van der Waals surface area contributed by atoms with Crippen molar-refractivity contribution in [2.24, 2.45) is 4.99 Å². The van der Waals surface area contributed by atoms with Gasteiger partial charge in [-0.3, -0.25) is 9.79 Å². The molecule has 0 saturated carbocycles. The van der Waals surface area contributed by atoms with Crippen molar-refractivity contribution in [3.05, 3.63) is 81.8 Å². The molecule has 0 spiro atoms. The number of benzene rings is 1. The summed E-state index contributed by atoms with van der Waals surface area (Å²) in [6.07, 6.45) is 1.65. The summed E-state index contributed by atoms with van der Waals surface area (Å²) in [5.41, 5.74) is 7.64. The summed E-state index contributed by atoms with van der Waals surface area (Å²) >= 11 is 0. The van der Waals surface area contributed by atoms with Gasteiger partial charge in [0.05, 0.1) is 17.0 Å². The predicted molar refractivity (Wildman–Crippen MR) is 150 cm³/mol. The second-order valence-corrected chi connectivity index (χ2v) is 9.97. The molecule has 2 aromatic rings. The molecular weight excluding hydrogens is 462 g/mol. The van der Waals surface area contributed by atoms with Gasteiger partial charge in [0.15, 0.2) is 0 Å². The molecule has 188 valence electrons. The number of anilines is 3. The van der Waals surface area contributed by atoms with Crippen LogP contribution in [0.3, 0.4) is 0 Å². The van der Waals surface area contributed by atoms with E-state index >= 15 is 0 Å². The maximum atomic E-state index is 12.8. The van der Waals surface area contributed by atoms with Crippen molar-refractivity contribution in [2.45, 2.75) is 19.8 Å². The van der Waals surface area contributed by atoms with Crippen LogP contribution in [0.2, 0.25) is 0 Å². The summed E-state index contributed by atoms with van der Waals surface area (Å²) in [6, 6.07) is 18.5. The van der Waals surface area contributed by atoms with Crippen LogP contribution in [0.15, 0.2) is 64.4 Å². The zero-order valence-electron chi connectivity index (χ0n) is 21.5. The fourth-order valence-corrected chi connectivity index (χ4v) is 5.26. The molecule has 1 aromatic carbocycles. The van der Waals surface area contributed by atoms with Crippen LogP contribution in [0.5, 0.6) is 0 Å². The first-order valence-electron chi connectivity index (χ1n) is 12.8. The largest absolute Gasteiger partial charge is 0.368 e. The highest BCUT2D eigenvalue weighted by Crippen LogP contribution is 2.34. The summed E-state index contributed by atoms with van der Waals surface area (Å²) in [6.45, 7) is 5.60. The third-order valence-electron chi connectivity index (χ3n) is 7.22. The van der Waals surface area contributed by atoms with Gasteiger partial charge >= 0.3 is 0 Å². The van der Waals surface area contributed by atoms with Crippen molar-refractivity contribution in [2.75, 3.05) is 55.0 Å². The molecule has 0 radical (unpaired) electrons. The third-order valence-corrected chi connectivity index (χ3v) is 7.22. The number of fused-ring (bicyclic) bond motifs is 2. The van der Waals surface area contributed by atoms with Crippen LogP contribution < -0.4 is 20.3 Å². The van der Waals surface area contributed by atoms with Crippen molar-refractivity contribution in [3.8, 4) is 11.3 Å². The number of H-pyrrole nitrogens is 1. The van der Waals surface area contributed by atoms with E-state index in [0.717, 1.165) is 79.1 Å². The summed E-state index contributed by atoms with van der Waals surface area (Å²) < 4.78 is 0. The Bertz CT molecular complexity index is 1510. The van der Waals surface area contributed by atoms with Gasteiger partial charge in [0, 0.05) is 69.0 Å². The van der Waals surface area contributed by atoms with E-state index in [2.05, 4.69) is 44.0 Å². The molecule has 1 aromatic heterocycles. The number of nitrogens with zero attached hydrogens (tertiary/aromatic N) is 6. The SMILES string of the molecule is Cc1cc(N2CCN(c3ccc4c(c3)N=C(c3c5cccccc-5[nH]c3=O)CC4)CC2)nc(N(C)C)n1. The maximum Gasteiger partial charge on any atom is 0.258 e. The van der Waals surface area contributed by atoms with Gasteiger partial charge in [-0.15, -0.1) is 0 Å². The quantitative estimate of drug-likeness (QED) is 0.462. The Morgan fingerprint density at radius 2 is 1.68 bits per heavy atom. The lowest BCUT2D eigenvalue weighted by Gasteiger charge is -2.37. The highest BCUT2D eigenvalue weighted by Gasteiger charge is 2.24. The molecule has 0 unspecified atom stereocenters. The van der Waals surface area contributed by atoms with Crippen molar-refractivity contribution >= 4 is 28.9 Å². The van der Waals surface area contributed by atoms with Crippen LogP contribution in [0, 0.1) is 6.92 Å². The van der Waals surface area contributed by atoms with Crippen LogP contribution in [-0.2, 0) is 6.42 Å². The van der Waals surface area contributed by atoms with Crippen molar-refractivity contribution in [3.63, 3.8) is 0 Å². The number of piperazine rings is 1. The Hall–Kier alpha value is -4.20. The second-order valence-electron chi connectivity index (χ2n) is 9.97. The maximum absolute atomic E-state index is 12.8. The molecule has 1 saturated heterocycles. The zero-order chi connectivity index (χ0) is 25.5. The normalized spacial score (nSPS) is 15.5. The first-order chi connectivity index (χ1) is 18.0. The highest BCUT2D eigenvalue weighted by molar-refractivity contribution is 6.08. The Kier molecular flexibility index (Phi) is 5.87. The number of hydrogen-bond donors (Lipinski definition) is 1. The van der Waals surface area contributed by atoms with Crippen LogP contribution in [0.25, 0.3) is 11.3 Å². The van der Waals surface area contributed by atoms with E-state index in [1.165, 1.54) is 11.3 Å². The minimum Gasteiger partial charge on any atom is -0.368 e. The molecule has 4 heterocycles. The molecule has 0 atom stereocenters. The van der Waals surface area contributed by atoms with Crippen LogP contribution in [-0.4, -0.2) is 60.9 Å². The average molecular weight is 494 g/mol. The van der Waals surface area contributed by atoms with Gasteiger partial charge in [-0.2, -0.15) is 4.98 Å². The van der Waals surface area contributed by atoms with Gasteiger partial charge in [0.1, 0.15) is 5.82 Å². The summed E-state index contributed by atoms with van der Waals surface area (Å²) in [7, 11) is 3.94. The second kappa shape index (κ2) is 9.35. The Morgan fingerprint density at radius 3 is 2.49 bits per heavy atom. The van der Waals surface area contributed by atoms with Crippen molar-refractivity contribution < 1.29 is 0 Å². The molecule has 8 nitrogen and oxygen atoms in total. The van der Waals surface area contributed by atoms with Crippen LogP contribution >= 0.6 is 0 Å². The zero-order valence-corrected chi connectivity index (χ0v) is 21.5. The molecule has 1 N–H and O–H groups in total. The van der Waals surface area contributed by atoms with E-state index in [1.807, 2.05) is 56.3 Å². The molecular formula is C29H31N7O. The molecule has 0 amide bonds. The Balaban J connectivity index is 1.23. The molecule has 4 aliphatic rings. The Labute approximate surface area is 216 Å². The lowest BCUT2D eigenvalue weighted by molar-refractivity contribution is 0.646. The number of rotatable bonds is 4. The lowest BCUT2D eigenvalue weighted by atomic mass is 9.95. The monoisotopic (exact) mass is 493 g/mol. The highest BCUT2D eigenvalue weighted by atomic mass is 16.1. The van der Waals surface area contributed by atoms with E-state index in [9.17, 15) is 4.79 Å². The van der Waals surface area contributed by atoms with Gasteiger partial charge in [0.25, 0.3) is 5.56 Å². The molecule has 0 bridgehead atoms. The molecule has 1 aliphatic carbocycles. The van der Waals surface area contributed by atoms with E-state index < -0.39 is 0 Å². The molecule has 1 fully saturated rings. The minimum absolute atomic E-state index is 0.0620. The van der Waals surface area contributed by atoms with Crippen LogP contribution in [0.1, 0.15) is 23.2 Å². The lowest BCUT2D eigenvalue weighted by Crippen LogP contribution is -2.47. The average Bonchev–Trinajstić information content (AvgIpc) is 3.05. The third kappa shape index (κ3) is 4.43. The first-order valence-corrected chi connectivity index (χ1v) is 12.8. The van der Waals surface area contributed by atoms with Crippen molar-refractivity contribution in [1.82, 2.24) is 15.0 Å². The summed E-state index contributed by atoms with van der Waals surface area (Å²) in [4.78, 5) is 36.8. The molecule has 6 rings (SSSR count). The molecule has 8 heteroatoms. The van der Waals surface area contributed by atoms with Gasteiger partial charge in [-0.05, 0) is 43.5 Å². The van der Waals surface area contributed by atoms with Gasteiger partial charge in [-0.1, -0.05) is 30.3 Å². The number of hydrogen-bond acceptors (Lipinski definition) is 7. The standard InChI is InChI=1S/C29H31N7O/c1-19-17-26(33-29(30-19)34(2)3)36-15-13-35(14-16-36)21-11-9-20-10-12-24(31-25(20)18-21)27-22-7-5-4-6-8-23(22)32-28(27)37/h4-9,11,17-18H,10,12-16H2,1-3H3,(H,32,37). The number of aliphatic imine (C=N–C) groups is 1. The smallest absolute Gasteiger partial charge is 0.258 e. The van der Waals surface area contributed by atoms with Crippen molar-refractivity contribution in [1.29, 1.82) is 0 Å². The van der Waals surface area contributed by atoms with Gasteiger partial charge < -0.3 is 19.7 Å². The molecule has 3 aliphatic heterocycles. The van der Waals surface area contributed by atoms with Gasteiger partial charge in [-0.25, -0.2) is 4.98 Å². The number of aromatic nitrogens is 3. The van der Waals surface area contributed by atoms with E-state index in [1.54, 1.807) is 0 Å². The fraction of sp³-hybridized carbons (Fsp3) is 0.310. The fourth-order valence-electron chi connectivity index (χ4n) is 5.26. The first kappa shape index (κ1) is 23.2. The van der Waals surface area contributed by atoms with Gasteiger partial charge in [0.2, 0.25) is 5.95 Å². The molecule has 37 heavy (non-hydrogen) atoms. The minimum atomic E-state index is -0.0620. The summed E-state index contributed by atoms with van der Waals surface area (Å²) in [5, 5.41) is 0.